The molecular weight excluding hydrogens is 320 g/mol. The van der Waals surface area contributed by atoms with Gasteiger partial charge in [-0.25, -0.2) is 0 Å². The second-order valence-electron chi connectivity index (χ2n) is 4.85. The van der Waals surface area contributed by atoms with E-state index in [4.69, 9.17) is 0 Å². The summed E-state index contributed by atoms with van der Waals surface area (Å²) in [4.78, 5) is 4.32. The predicted molar refractivity (Wildman–Crippen MR) is 83.7 cm³/mol. The molecule has 20 heavy (non-hydrogen) atoms. The molecule has 1 aromatic heterocycles. The van der Waals surface area contributed by atoms with Crippen LogP contribution in [0.2, 0.25) is 0 Å². The first-order chi connectivity index (χ1) is 9.24. The van der Waals surface area contributed by atoms with Crippen molar-refractivity contribution in [3.63, 3.8) is 0 Å². The Balaban J connectivity index is 0.00000200. The van der Waals surface area contributed by atoms with Crippen LogP contribution in [0.15, 0.2) is 23.3 Å². The first-order valence-electron chi connectivity index (χ1n) is 6.74. The zero-order valence-electron chi connectivity index (χ0n) is 11.5. The monoisotopic (exact) mass is 339 g/mol. The quantitative estimate of drug-likeness (QED) is 0.229. The Labute approximate surface area is 136 Å². The Hall–Kier alpha value is -0.811. The molecule has 0 atom stereocenters. The number of pyridine rings is 1. The Morgan fingerprint density at radius 1 is 1.40 bits per heavy atom. The second kappa shape index (κ2) is 9.19. The maximum absolute atomic E-state index is 4.32. The smallest absolute Gasteiger partial charge is 0.515 e. The number of nitrogens with zero attached hydrogens (tertiary/aromatic N) is 3. The van der Waals surface area contributed by atoms with Crippen molar-refractivity contribution in [3.05, 3.63) is 35.0 Å². The molecule has 1 aliphatic rings. The molecule has 1 N–H and O–H groups in total. The first kappa shape index (κ1) is 17.2. The van der Waals surface area contributed by atoms with Gasteiger partial charge in [0, 0.05) is 18.0 Å². The zero-order chi connectivity index (χ0) is 13.5. The number of rotatable bonds is 3. The summed E-state index contributed by atoms with van der Waals surface area (Å²) in [7, 11) is 0. The molecule has 1 fully saturated rings. The van der Waals surface area contributed by atoms with E-state index in [1.165, 1.54) is 32.1 Å². The second-order valence-corrected chi connectivity index (χ2v) is 5.27. The van der Waals surface area contributed by atoms with Crippen molar-refractivity contribution in [1.82, 2.24) is 10.3 Å². The van der Waals surface area contributed by atoms with Crippen LogP contribution in [0.4, 0.5) is 0 Å². The number of nitrogens with one attached hydrogen (secondary N) is 1. The topological polar surface area (TPSA) is 51.4 Å². The molecule has 0 bridgehead atoms. The van der Waals surface area contributed by atoms with Gasteiger partial charge in [-0.1, -0.05) is 25.3 Å². The third-order valence-electron chi connectivity index (χ3n) is 3.19. The average Bonchev–Trinajstić information content (AvgIpc) is 2.40. The fourth-order valence-electron chi connectivity index (χ4n) is 2.24. The SMILES string of the molecule is Cc1cccc(C=N[N-]C(=[SH+])NC2CCCCC2)n1.[Cu+2]. The summed E-state index contributed by atoms with van der Waals surface area (Å²) in [6.45, 7) is 1.95. The van der Waals surface area contributed by atoms with Crippen LogP contribution in [-0.2, 0) is 29.3 Å². The standard InChI is InChI=1S/C14H20N4S.Cu/c1-11-6-5-9-13(16-11)10-15-18-14(19)17-12-7-3-2-4-8-12;/h5-6,9-10,12H,2-4,7-8H2,1H3,(H2,16,17,18,19);/q;+2. The van der Waals surface area contributed by atoms with Crippen LogP contribution >= 0.6 is 0 Å². The van der Waals surface area contributed by atoms with Crippen molar-refractivity contribution >= 4 is 23.5 Å². The number of aromatic nitrogens is 1. The predicted octanol–water partition coefficient (Wildman–Crippen LogP) is 2.38. The Bertz CT molecular complexity index is 458. The molecule has 0 saturated heterocycles. The van der Waals surface area contributed by atoms with E-state index < -0.39 is 0 Å². The van der Waals surface area contributed by atoms with Crippen LogP contribution in [0.5, 0.6) is 0 Å². The van der Waals surface area contributed by atoms with Crippen molar-refractivity contribution in [2.75, 3.05) is 0 Å². The van der Waals surface area contributed by atoms with Gasteiger partial charge in [0.15, 0.2) is 17.3 Å². The van der Waals surface area contributed by atoms with E-state index in [2.05, 4.69) is 33.0 Å². The van der Waals surface area contributed by atoms with Gasteiger partial charge in [0.25, 0.3) is 0 Å². The van der Waals surface area contributed by atoms with Gasteiger partial charge in [-0.15, -0.1) is 0 Å². The van der Waals surface area contributed by atoms with E-state index in [0.717, 1.165) is 11.4 Å². The van der Waals surface area contributed by atoms with Crippen LogP contribution in [0, 0.1) is 6.92 Å². The molecular formula is C14H20CuN4S+2. The summed E-state index contributed by atoms with van der Waals surface area (Å²) in [5, 5.41) is 7.89. The van der Waals surface area contributed by atoms with Gasteiger partial charge in [-0.05, 0) is 31.9 Å². The number of aryl methyl sites for hydroxylation is 1. The number of hydrogen-bond acceptors (Lipinski definition) is 2. The van der Waals surface area contributed by atoms with Crippen molar-refractivity contribution < 1.29 is 17.1 Å². The Kier molecular flexibility index (Phi) is 7.92. The molecule has 4 nitrogen and oxygen atoms in total. The van der Waals surface area contributed by atoms with Gasteiger partial charge in [0.2, 0.25) is 0 Å². The first-order valence-corrected chi connectivity index (χ1v) is 7.19. The van der Waals surface area contributed by atoms with E-state index in [1.54, 1.807) is 6.21 Å². The summed E-state index contributed by atoms with van der Waals surface area (Å²) < 4.78 is 0. The average molecular weight is 340 g/mol. The molecule has 0 amide bonds. The minimum Gasteiger partial charge on any atom is -0.515 e. The maximum atomic E-state index is 4.32. The molecule has 0 aromatic carbocycles. The van der Waals surface area contributed by atoms with E-state index in [9.17, 15) is 0 Å². The summed E-state index contributed by atoms with van der Waals surface area (Å²) >= 11 is 4.31. The molecule has 6 heteroatoms. The van der Waals surface area contributed by atoms with Gasteiger partial charge in [-0.3, -0.25) is 10.3 Å². The largest absolute Gasteiger partial charge is 2.00 e. The number of thiol groups is 1. The zero-order valence-corrected chi connectivity index (χ0v) is 13.3. The summed E-state index contributed by atoms with van der Waals surface area (Å²) in [6.07, 6.45) is 7.95. The Morgan fingerprint density at radius 3 is 2.85 bits per heavy atom. The molecule has 1 saturated carbocycles. The van der Waals surface area contributed by atoms with Crippen molar-refractivity contribution in [2.24, 2.45) is 5.10 Å². The third-order valence-corrected chi connectivity index (χ3v) is 3.41. The minimum atomic E-state index is 0. The molecule has 0 aliphatic heterocycles. The van der Waals surface area contributed by atoms with Crippen LogP contribution in [-0.4, -0.2) is 22.4 Å². The van der Waals surface area contributed by atoms with E-state index in [1.807, 2.05) is 25.1 Å². The molecule has 1 aromatic rings. The fourth-order valence-corrected chi connectivity index (χ4v) is 2.47. The fraction of sp³-hybridized carbons (Fsp3) is 0.500. The molecule has 0 unspecified atom stereocenters. The summed E-state index contributed by atoms with van der Waals surface area (Å²) in [5.74, 6) is 0. The van der Waals surface area contributed by atoms with E-state index >= 15 is 0 Å². The summed E-state index contributed by atoms with van der Waals surface area (Å²) in [6, 6.07) is 6.31. The summed E-state index contributed by atoms with van der Waals surface area (Å²) in [5.41, 5.74) is 5.82. The molecule has 0 spiro atoms. The van der Waals surface area contributed by atoms with Crippen molar-refractivity contribution in [1.29, 1.82) is 0 Å². The van der Waals surface area contributed by atoms with Crippen LogP contribution in [0.25, 0.3) is 5.43 Å². The molecule has 111 valence electrons. The normalized spacial score (nSPS) is 15.8. The third kappa shape index (κ3) is 6.09. The molecule has 1 heterocycles. The minimum absolute atomic E-state index is 0. The van der Waals surface area contributed by atoms with Gasteiger partial charge in [0.05, 0.1) is 5.69 Å². The van der Waals surface area contributed by atoms with Gasteiger partial charge < -0.3 is 10.5 Å². The molecule has 2 rings (SSSR count). The van der Waals surface area contributed by atoms with Gasteiger partial charge >= 0.3 is 17.1 Å². The van der Waals surface area contributed by atoms with Crippen LogP contribution in [0.1, 0.15) is 43.5 Å². The van der Waals surface area contributed by atoms with Gasteiger partial charge in [0.1, 0.15) is 0 Å². The van der Waals surface area contributed by atoms with Crippen molar-refractivity contribution in [3.8, 4) is 0 Å². The van der Waals surface area contributed by atoms with Gasteiger partial charge in [-0.2, -0.15) is 0 Å². The molecule has 1 radical (unpaired) electrons. The van der Waals surface area contributed by atoms with Crippen molar-refractivity contribution in [2.45, 2.75) is 45.1 Å². The van der Waals surface area contributed by atoms with Crippen LogP contribution in [0.3, 0.4) is 0 Å². The number of hydrogen-bond donors (Lipinski definition) is 1. The molecule has 1 aliphatic carbocycles. The Morgan fingerprint density at radius 2 is 2.15 bits per heavy atom. The maximum Gasteiger partial charge on any atom is 2.00 e. The van der Waals surface area contributed by atoms with Crippen LogP contribution < -0.4 is 5.32 Å². The van der Waals surface area contributed by atoms with E-state index in [-0.39, 0.29) is 17.1 Å². The van der Waals surface area contributed by atoms with E-state index in [0.29, 0.717) is 11.2 Å².